The van der Waals surface area contributed by atoms with Crippen molar-refractivity contribution in [3.05, 3.63) is 48.0 Å². The van der Waals surface area contributed by atoms with Gasteiger partial charge in [-0.15, -0.1) is 0 Å². The molecule has 0 unspecified atom stereocenters. The van der Waals surface area contributed by atoms with Crippen molar-refractivity contribution < 1.29 is 19.1 Å². The number of imide groups is 1. The summed E-state index contributed by atoms with van der Waals surface area (Å²) in [7, 11) is 0. The maximum Gasteiger partial charge on any atom is 0.321 e. The molecule has 0 spiro atoms. The fraction of sp³-hybridized carbons (Fsp3) is 0.389. The first kappa shape index (κ1) is 17.7. The number of carbonyl (C=O) groups excluding carboxylic acids is 3. The molecule has 1 aromatic rings. The number of urea groups is 1. The van der Waals surface area contributed by atoms with Gasteiger partial charge in [0.1, 0.15) is 0 Å². The number of esters is 1. The number of hydrogen-bond donors (Lipinski definition) is 2. The quantitative estimate of drug-likeness (QED) is 0.620. The van der Waals surface area contributed by atoms with Crippen molar-refractivity contribution in [2.24, 2.45) is 5.92 Å². The van der Waals surface area contributed by atoms with Gasteiger partial charge in [-0.2, -0.15) is 0 Å². The number of rotatable bonds is 6. The maximum absolute atomic E-state index is 12.3. The Labute approximate surface area is 141 Å². The Morgan fingerprint density at radius 1 is 1.25 bits per heavy atom. The molecule has 1 aliphatic rings. The Kier molecular flexibility index (Phi) is 6.54. The van der Waals surface area contributed by atoms with E-state index < -0.39 is 24.0 Å². The van der Waals surface area contributed by atoms with Gasteiger partial charge < -0.3 is 10.1 Å². The molecular formula is C18H22N2O4. The predicted octanol–water partition coefficient (Wildman–Crippen LogP) is 2.47. The van der Waals surface area contributed by atoms with Gasteiger partial charge >= 0.3 is 12.0 Å². The average Bonchev–Trinajstić information content (AvgIpc) is 3.06. The van der Waals surface area contributed by atoms with Crippen molar-refractivity contribution in [1.29, 1.82) is 0 Å². The molecule has 0 saturated carbocycles. The van der Waals surface area contributed by atoms with Crippen LogP contribution in [0.1, 0.15) is 37.9 Å². The van der Waals surface area contributed by atoms with Gasteiger partial charge in [0, 0.05) is 12.1 Å². The predicted molar refractivity (Wildman–Crippen MR) is 89.0 cm³/mol. The standard InChI is InChI=1S/C18H22N2O4/c1-2-19-18(23)20-17(22)16(14-10-4-3-5-11-14)24-15(21)12-13-8-6-7-9-13/h3-6,8,10-11,13,16H,2,7,9,12H2,1H3,(H2,19,20,22,23)/t13-,16-/m1/s1. The fourth-order valence-corrected chi connectivity index (χ4v) is 2.54. The number of allylic oxidation sites excluding steroid dienone is 2. The summed E-state index contributed by atoms with van der Waals surface area (Å²) in [5.74, 6) is -0.964. The lowest BCUT2D eigenvalue weighted by Crippen LogP contribution is -2.42. The van der Waals surface area contributed by atoms with Gasteiger partial charge in [-0.1, -0.05) is 42.5 Å². The second-order valence-electron chi connectivity index (χ2n) is 5.60. The summed E-state index contributed by atoms with van der Waals surface area (Å²) in [6.45, 7) is 2.14. The highest BCUT2D eigenvalue weighted by Gasteiger charge is 2.27. The maximum atomic E-state index is 12.3. The lowest BCUT2D eigenvalue weighted by Gasteiger charge is -2.18. The molecule has 24 heavy (non-hydrogen) atoms. The van der Waals surface area contributed by atoms with Crippen molar-refractivity contribution in [3.63, 3.8) is 0 Å². The molecule has 6 nitrogen and oxygen atoms in total. The van der Waals surface area contributed by atoms with Gasteiger partial charge in [0.2, 0.25) is 6.10 Å². The highest BCUT2D eigenvalue weighted by atomic mass is 16.5. The number of amides is 3. The minimum Gasteiger partial charge on any atom is -0.447 e. The summed E-state index contributed by atoms with van der Waals surface area (Å²) in [6, 6.07) is 8.05. The molecule has 2 atom stereocenters. The van der Waals surface area contributed by atoms with Crippen molar-refractivity contribution in [1.82, 2.24) is 10.6 Å². The largest absolute Gasteiger partial charge is 0.447 e. The Bertz CT molecular complexity index is 613. The third-order valence-corrected chi connectivity index (χ3v) is 3.71. The van der Waals surface area contributed by atoms with Crippen LogP contribution in [0.15, 0.2) is 42.5 Å². The van der Waals surface area contributed by atoms with E-state index in [1.165, 1.54) is 0 Å². The smallest absolute Gasteiger partial charge is 0.321 e. The zero-order chi connectivity index (χ0) is 17.4. The molecule has 0 fully saturated rings. The first-order valence-corrected chi connectivity index (χ1v) is 8.10. The molecule has 0 bridgehead atoms. The van der Waals surface area contributed by atoms with E-state index in [4.69, 9.17) is 4.74 Å². The Morgan fingerprint density at radius 3 is 2.62 bits per heavy atom. The summed E-state index contributed by atoms with van der Waals surface area (Å²) in [6.07, 6.45) is 4.98. The van der Waals surface area contributed by atoms with Gasteiger partial charge in [-0.25, -0.2) is 4.79 Å². The molecule has 0 aliphatic heterocycles. The normalized spacial score (nSPS) is 17.1. The Morgan fingerprint density at radius 2 is 2.00 bits per heavy atom. The van der Waals surface area contributed by atoms with E-state index in [9.17, 15) is 14.4 Å². The summed E-state index contributed by atoms with van der Waals surface area (Å²) in [5, 5.41) is 4.67. The summed E-state index contributed by atoms with van der Waals surface area (Å²) < 4.78 is 5.37. The number of carbonyl (C=O) groups is 3. The zero-order valence-electron chi connectivity index (χ0n) is 13.7. The molecule has 3 amide bonds. The molecular weight excluding hydrogens is 308 g/mol. The van der Waals surface area contributed by atoms with Gasteiger partial charge in [-0.05, 0) is 25.7 Å². The minimum atomic E-state index is -1.15. The first-order valence-electron chi connectivity index (χ1n) is 8.10. The summed E-state index contributed by atoms with van der Waals surface area (Å²) >= 11 is 0. The van der Waals surface area contributed by atoms with E-state index in [1.807, 2.05) is 12.2 Å². The van der Waals surface area contributed by atoms with Crippen LogP contribution in [0.25, 0.3) is 0 Å². The van der Waals surface area contributed by atoms with Crippen molar-refractivity contribution in [2.75, 3.05) is 6.54 Å². The lowest BCUT2D eigenvalue weighted by molar-refractivity contribution is -0.156. The molecule has 0 radical (unpaired) electrons. The number of hydrogen-bond acceptors (Lipinski definition) is 4. The van der Waals surface area contributed by atoms with Crippen LogP contribution in [0.2, 0.25) is 0 Å². The highest BCUT2D eigenvalue weighted by Crippen LogP contribution is 2.24. The zero-order valence-corrected chi connectivity index (χ0v) is 13.7. The molecule has 1 aromatic carbocycles. The van der Waals surface area contributed by atoms with Crippen molar-refractivity contribution in [2.45, 2.75) is 32.3 Å². The van der Waals surface area contributed by atoms with E-state index in [2.05, 4.69) is 10.6 Å². The molecule has 1 aliphatic carbocycles. The number of benzene rings is 1. The average molecular weight is 330 g/mol. The molecule has 0 aromatic heterocycles. The van der Waals surface area contributed by atoms with Crippen LogP contribution in [0.4, 0.5) is 4.79 Å². The van der Waals surface area contributed by atoms with E-state index >= 15 is 0 Å². The Balaban J connectivity index is 2.05. The van der Waals surface area contributed by atoms with E-state index in [0.29, 0.717) is 12.1 Å². The molecule has 2 N–H and O–H groups in total. The highest BCUT2D eigenvalue weighted by molar-refractivity contribution is 5.97. The van der Waals surface area contributed by atoms with Gasteiger partial charge in [0.05, 0.1) is 6.42 Å². The van der Waals surface area contributed by atoms with E-state index in [0.717, 1.165) is 12.8 Å². The Hall–Kier alpha value is -2.63. The molecule has 0 heterocycles. The fourth-order valence-electron chi connectivity index (χ4n) is 2.54. The van der Waals surface area contributed by atoms with Crippen LogP contribution in [0.5, 0.6) is 0 Å². The van der Waals surface area contributed by atoms with Crippen LogP contribution in [0, 0.1) is 5.92 Å². The molecule has 2 rings (SSSR count). The second-order valence-corrected chi connectivity index (χ2v) is 5.60. The van der Waals surface area contributed by atoms with Crippen LogP contribution in [-0.4, -0.2) is 24.5 Å². The number of nitrogens with one attached hydrogen (secondary N) is 2. The molecule has 0 saturated heterocycles. The summed E-state index contributed by atoms with van der Waals surface area (Å²) in [4.78, 5) is 36.1. The van der Waals surface area contributed by atoms with Crippen LogP contribution < -0.4 is 10.6 Å². The lowest BCUT2D eigenvalue weighted by atomic mass is 10.1. The third kappa shape index (κ3) is 5.22. The number of ether oxygens (including phenoxy) is 1. The van der Waals surface area contributed by atoms with Crippen molar-refractivity contribution >= 4 is 17.9 Å². The van der Waals surface area contributed by atoms with Gasteiger partial charge in [0.25, 0.3) is 5.91 Å². The summed E-state index contributed by atoms with van der Waals surface area (Å²) in [5.41, 5.74) is 0.523. The van der Waals surface area contributed by atoms with Crippen LogP contribution in [0.3, 0.4) is 0 Å². The van der Waals surface area contributed by atoms with Gasteiger partial charge in [-0.3, -0.25) is 14.9 Å². The molecule has 6 heteroatoms. The molecule has 128 valence electrons. The first-order chi connectivity index (χ1) is 11.6. The topological polar surface area (TPSA) is 84.5 Å². The van der Waals surface area contributed by atoms with Crippen molar-refractivity contribution in [3.8, 4) is 0 Å². The monoisotopic (exact) mass is 330 g/mol. The second kappa shape index (κ2) is 8.86. The van der Waals surface area contributed by atoms with E-state index in [1.54, 1.807) is 37.3 Å². The third-order valence-electron chi connectivity index (χ3n) is 3.71. The van der Waals surface area contributed by atoms with Crippen LogP contribution >= 0.6 is 0 Å². The van der Waals surface area contributed by atoms with Crippen LogP contribution in [-0.2, 0) is 14.3 Å². The van der Waals surface area contributed by atoms with Gasteiger partial charge in [0.15, 0.2) is 0 Å². The SMILES string of the molecule is CCNC(=O)NC(=O)[C@H](OC(=O)C[C@@H]1C=CCC1)c1ccccc1. The minimum absolute atomic E-state index is 0.153. The van der Waals surface area contributed by atoms with E-state index in [-0.39, 0.29) is 12.3 Å².